The topological polar surface area (TPSA) is 68.2 Å². The van der Waals surface area contributed by atoms with Gasteiger partial charge in [0.25, 0.3) is 0 Å². The van der Waals surface area contributed by atoms with Gasteiger partial charge in [-0.05, 0) is 43.4 Å². The molecule has 6 heteroatoms. The Kier molecular flexibility index (Phi) is 3.37. The van der Waals surface area contributed by atoms with Crippen LogP contribution in [-0.2, 0) is 10.2 Å². The number of amides is 1. The van der Waals surface area contributed by atoms with Gasteiger partial charge < -0.3 is 24.2 Å². The largest absolute Gasteiger partial charge is 0.454 e. The van der Waals surface area contributed by atoms with Gasteiger partial charge in [0, 0.05) is 18.0 Å². The van der Waals surface area contributed by atoms with E-state index in [9.17, 15) is 9.90 Å². The molecule has 0 bridgehead atoms. The summed E-state index contributed by atoms with van der Waals surface area (Å²) in [5.41, 5.74) is 0.865. The lowest BCUT2D eigenvalue weighted by atomic mass is 9.65. The first-order valence-corrected chi connectivity index (χ1v) is 8.07. The molecule has 0 radical (unpaired) electrons. The van der Waals surface area contributed by atoms with Crippen molar-refractivity contribution >= 4 is 6.09 Å². The molecule has 1 aromatic carbocycles. The number of carbonyl (C=O) groups excluding carboxylic acids is 1. The Hall–Kier alpha value is -1.95. The highest BCUT2D eigenvalue weighted by Gasteiger charge is 2.53. The summed E-state index contributed by atoms with van der Waals surface area (Å²) >= 11 is 0. The van der Waals surface area contributed by atoms with Crippen LogP contribution in [0.2, 0.25) is 0 Å². The van der Waals surface area contributed by atoms with Crippen LogP contribution in [0.5, 0.6) is 11.5 Å². The van der Waals surface area contributed by atoms with E-state index >= 15 is 0 Å². The zero-order chi connectivity index (χ0) is 16.0. The molecule has 124 valence electrons. The third kappa shape index (κ3) is 2.16. The van der Waals surface area contributed by atoms with Gasteiger partial charge in [-0.1, -0.05) is 6.07 Å². The number of hydrogen-bond donors (Lipinski definition) is 1. The second-order valence-corrected chi connectivity index (χ2v) is 6.59. The summed E-state index contributed by atoms with van der Waals surface area (Å²) in [5.74, 6) is 1.49. The number of benzene rings is 1. The minimum Gasteiger partial charge on any atom is -0.454 e. The smallest absolute Gasteiger partial charge is 0.409 e. The lowest BCUT2D eigenvalue weighted by Gasteiger charge is -2.43. The molecule has 0 unspecified atom stereocenters. The molecule has 1 aliphatic carbocycles. The number of likely N-dealkylation sites (tertiary alicyclic amines) is 1. The third-order valence-electron chi connectivity index (χ3n) is 5.54. The number of hydrogen-bond acceptors (Lipinski definition) is 5. The van der Waals surface area contributed by atoms with E-state index in [2.05, 4.69) is 0 Å². The zero-order valence-electron chi connectivity index (χ0n) is 13.2. The van der Waals surface area contributed by atoms with Crippen molar-refractivity contribution < 1.29 is 24.1 Å². The van der Waals surface area contributed by atoms with E-state index in [1.54, 1.807) is 0 Å². The Morgan fingerprint density at radius 2 is 2.17 bits per heavy atom. The van der Waals surface area contributed by atoms with E-state index in [0.29, 0.717) is 19.4 Å². The molecule has 2 fully saturated rings. The molecule has 4 rings (SSSR count). The summed E-state index contributed by atoms with van der Waals surface area (Å²) < 4.78 is 15.8. The Balaban J connectivity index is 1.74. The maximum Gasteiger partial charge on any atom is 0.409 e. The fraction of sp³-hybridized carbons (Fsp3) is 0.588. The minimum absolute atomic E-state index is 0.0544. The summed E-state index contributed by atoms with van der Waals surface area (Å²) in [6, 6.07) is 6.03. The highest BCUT2D eigenvalue weighted by molar-refractivity contribution is 5.69. The number of ether oxygens (including phenoxy) is 3. The second-order valence-electron chi connectivity index (χ2n) is 6.59. The maximum atomic E-state index is 12.1. The van der Waals surface area contributed by atoms with Gasteiger partial charge in [0.2, 0.25) is 6.79 Å². The van der Waals surface area contributed by atoms with Gasteiger partial charge in [0.05, 0.1) is 13.2 Å². The van der Waals surface area contributed by atoms with Crippen molar-refractivity contribution in [1.82, 2.24) is 4.90 Å². The average Bonchev–Trinajstić information content (AvgIpc) is 3.17. The van der Waals surface area contributed by atoms with Crippen molar-refractivity contribution in [3.63, 3.8) is 0 Å². The van der Waals surface area contributed by atoms with Crippen LogP contribution in [0.4, 0.5) is 4.79 Å². The normalized spacial score (nSPS) is 31.8. The first-order valence-electron chi connectivity index (χ1n) is 8.07. The van der Waals surface area contributed by atoms with Crippen molar-refractivity contribution in [2.24, 2.45) is 0 Å². The van der Waals surface area contributed by atoms with Crippen LogP contribution in [0.3, 0.4) is 0 Å². The molecule has 2 heterocycles. The number of fused-ring (bicyclic) bond motifs is 2. The molecular formula is C17H21NO5. The fourth-order valence-electron chi connectivity index (χ4n) is 4.48. The molecule has 0 aromatic heterocycles. The van der Waals surface area contributed by atoms with Crippen LogP contribution < -0.4 is 9.47 Å². The molecule has 1 saturated carbocycles. The van der Waals surface area contributed by atoms with Crippen molar-refractivity contribution in [2.75, 3.05) is 20.4 Å². The van der Waals surface area contributed by atoms with Gasteiger partial charge in [-0.25, -0.2) is 4.79 Å². The third-order valence-corrected chi connectivity index (χ3v) is 5.54. The predicted octanol–water partition coefficient (Wildman–Crippen LogP) is 2.04. The monoisotopic (exact) mass is 319 g/mol. The van der Waals surface area contributed by atoms with E-state index in [0.717, 1.165) is 29.9 Å². The second kappa shape index (κ2) is 5.30. The standard InChI is InChI=1S/C17H21NO5/c1-21-16(20)18-7-6-17(9-12(19)3-5-15(17)18)11-2-4-13-14(8-11)23-10-22-13/h2,4,8,12,15,19H,3,5-7,9-10H2,1H3/t12-,15-,17+/m1/s1. The van der Waals surface area contributed by atoms with Crippen LogP contribution in [0.15, 0.2) is 18.2 Å². The lowest BCUT2D eigenvalue weighted by Crippen LogP contribution is -2.50. The number of aliphatic hydroxyl groups is 1. The quantitative estimate of drug-likeness (QED) is 0.858. The van der Waals surface area contributed by atoms with Gasteiger partial charge in [-0.15, -0.1) is 0 Å². The van der Waals surface area contributed by atoms with E-state index < -0.39 is 0 Å². The molecule has 1 N–H and O–H groups in total. The Morgan fingerprint density at radius 1 is 1.35 bits per heavy atom. The number of nitrogens with zero attached hydrogens (tertiary/aromatic N) is 1. The van der Waals surface area contributed by atoms with Crippen LogP contribution in [-0.4, -0.2) is 48.7 Å². The molecule has 3 atom stereocenters. The van der Waals surface area contributed by atoms with Crippen molar-refractivity contribution in [3.8, 4) is 11.5 Å². The number of aliphatic hydroxyl groups excluding tert-OH is 1. The summed E-state index contributed by atoms with van der Waals surface area (Å²) in [7, 11) is 1.42. The van der Waals surface area contributed by atoms with Crippen LogP contribution in [0.1, 0.15) is 31.2 Å². The van der Waals surface area contributed by atoms with Gasteiger partial charge in [0.15, 0.2) is 11.5 Å². The van der Waals surface area contributed by atoms with E-state index in [1.807, 2.05) is 23.1 Å². The molecule has 2 aliphatic heterocycles. The summed E-state index contributed by atoms with van der Waals surface area (Å²) in [6.45, 7) is 0.893. The minimum atomic E-state index is -0.339. The molecule has 23 heavy (non-hydrogen) atoms. The molecule has 1 aromatic rings. The molecule has 1 amide bonds. The highest BCUT2D eigenvalue weighted by atomic mass is 16.7. The Bertz CT molecular complexity index is 633. The number of rotatable bonds is 1. The Morgan fingerprint density at radius 3 is 3.00 bits per heavy atom. The lowest BCUT2D eigenvalue weighted by molar-refractivity contribution is 0.0466. The van der Waals surface area contributed by atoms with Crippen molar-refractivity contribution in [2.45, 2.75) is 43.2 Å². The van der Waals surface area contributed by atoms with E-state index in [-0.39, 0.29) is 30.4 Å². The van der Waals surface area contributed by atoms with Gasteiger partial charge in [-0.2, -0.15) is 0 Å². The van der Waals surface area contributed by atoms with Crippen LogP contribution in [0.25, 0.3) is 0 Å². The SMILES string of the molecule is COC(=O)N1CC[C@@]2(c3ccc4c(c3)OCO4)C[C@H](O)CC[C@@H]12. The van der Waals surface area contributed by atoms with Crippen LogP contribution in [0, 0.1) is 0 Å². The van der Waals surface area contributed by atoms with Gasteiger partial charge in [-0.3, -0.25) is 0 Å². The zero-order valence-corrected chi connectivity index (χ0v) is 13.2. The summed E-state index contributed by atoms with van der Waals surface area (Å²) in [5, 5.41) is 10.3. The van der Waals surface area contributed by atoms with Gasteiger partial charge in [0.1, 0.15) is 0 Å². The Labute approximate surface area is 134 Å². The van der Waals surface area contributed by atoms with Crippen molar-refractivity contribution in [3.05, 3.63) is 23.8 Å². The molecule has 6 nitrogen and oxygen atoms in total. The number of carbonyl (C=O) groups is 1. The van der Waals surface area contributed by atoms with E-state index in [1.165, 1.54) is 7.11 Å². The molecule has 0 spiro atoms. The predicted molar refractivity (Wildman–Crippen MR) is 81.6 cm³/mol. The first-order chi connectivity index (χ1) is 11.1. The van der Waals surface area contributed by atoms with Gasteiger partial charge >= 0.3 is 6.09 Å². The highest BCUT2D eigenvalue weighted by Crippen LogP contribution is 2.50. The fourth-order valence-corrected chi connectivity index (χ4v) is 4.48. The first kappa shape index (κ1) is 14.6. The molecule has 3 aliphatic rings. The van der Waals surface area contributed by atoms with Crippen LogP contribution >= 0.6 is 0 Å². The van der Waals surface area contributed by atoms with E-state index in [4.69, 9.17) is 14.2 Å². The molecular weight excluding hydrogens is 298 g/mol. The summed E-state index contributed by atoms with van der Waals surface area (Å²) in [4.78, 5) is 13.9. The average molecular weight is 319 g/mol. The molecule has 1 saturated heterocycles. The number of methoxy groups -OCH3 is 1. The maximum absolute atomic E-state index is 12.1. The summed E-state index contributed by atoms with van der Waals surface area (Å²) in [6.07, 6.45) is 2.35. The van der Waals surface area contributed by atoms with Crippen molar-refractivity contribution in [1.29, 1.82) is 0 Å².